The SMILES string of the molecule is Cc1ccc(C(C)NC(C)c2ccccc2O)s1. The Balaban J connectivity index is 2.08. The fourth-order valence-electron chi connectivity index (χ4n) is 2.09. The molecule has 0 saturated heterocycles. The molecule has 0 amide bonds. The van der Waals surface area contributed by atoms with Crippen molar-refractivity contribution in [1.82, 2.24) is 5.32 Å². The number of nitrogens with one attached hydrogen (secondary N) is 1. The second-order valence-electron chi connectivity index (χ2n) is 4.62. The highest BCUT2D eigenvalue weighted by Gasteiger charge is 2.14. The average Bonchev–Trinajstić information content (AvgIpc) is 2.76. The number of phenolic OH excluding ortho intramolecular Hbond substituents is 1. The van der Waals surface area contributed by atoms with Crippen LogP contribution in [0.1, 0.15) is 41.2 Å². The highest BCUT2D eigenvalue weighted by atomic mass is 32.1. The number of para-hydroxylation sites is 1. The van der Waals surface area contributed by atoms with E-state index in [1.165, 1.54) is 9.75 Å². The average molecular weight is 261 g/mol. The summed E-state index contributed by atoms with van der Waals surface area (Å²) in [5, 5.41) is 13.3. The van der Waals surface area contributed by atoms with Crippen molar-refractivity contribution in [3.63, 3.8) is 0 Å². The maximum atomic E-state index is 9.83. The standard InChI is InChI=1S/C15H19NOS/c1-10-8-9-15(18-10)12(3)16-11(2)13-6-4-5-7-14(13)17/h4-9,11-12,16-17H,1-3H3. The molecule has 0 saturated carbocycles. The minimum absolute atomic E-state index is 0.128. The van der Waals surface area contributed by atoms with Gasteiger partial charge in [0.1, 0.15) is 5.75 Å². The maximum Gasteiger partial charge on any atom is 0.120 e. The number of benzene rings is 1. The third-order valence-electron chi connectivity index (χ3n) is 3.09. The summed E-state index contributed by atoms with van der Waals surface area (Å²) >= 11 is 1.81. The summed E-state index contributed by atoms with van der Waals surface area (Å²) in [6, 6.07) is 12.2. The Morgan fingerprint density at radius 3 is 2.39 bits per heavy atom. The van der Waals surface area contributed by atoms with E-state index in [9.17, 15) is 5.11 Å². The van der Waals surface area contributed by atoms with Crippen LogP contribution >= 0.6 is 11.3 Å². The Kier molecular flexibility index (Phi) is 4.04. The van der Waals surface area contributed by atoms with Gasteiger partial charge in [0.15, 0.2) is 0 Å². The molecule has 96 valence electrons. The van der Waals surface area contributed by atoms with Crippen molar-refractivity contribution < 1.29 is 5.11 Å². The molecule has 3 heteroatoms. The number of aryl methyl sites for hydroxylation is 1. The van der Waals surface area contributed by atoms with Crippen LogP contribution in [0.3, 0.4) is 0 Å². The van der Waals surface area contributed by atoms with Gasteiger partial charge in [-0.25, -0.2) is 0 Å². The van der Waals surface area contributed by atoms with Gasteiger partial charge in [0.05, 0.1) is 0 Å². The molecule has 0 spiro atoms. The lowest BCUT2D eigenvalue weighted by Crippen LogP contribution is -2.21. The molecule has 2 nitrogen and oxygen atoms in total. The minimum Gasteiger partial charge on any atom is -0.508 e. The van der Waals surface area contributed by atoms with E-state index >= 15 is 0 Å². The van der Waals surface area contributed by atoms with Crippen LogP contribution in [-0.4, -0.2) is 5.11 Å². The molecule has 2 aromatic rings. The first-order valence-corrected chi connectivity index (χ1v) is 7.00. The second-order valence-corrected chi connectivity index (χ2v) is 5.94. The monoisotopic (exact) mass is 261 g/mol. The predicted molar refractivity (Wildman–Crippen MR) is 77.1 cm³/mol. The first-order chi connectivity index (χ1) is 8.58. The Bertz CT molecular complexity index is 521. The fraction of sp³-hybridized carbons (Fsp3) is 0.333. The topological polar surface area (TPSA) is 32.3 Å². The summed E-state index contributed by atoms with van der Waals surface area (Å²) < 4.78 is 0. The second kappa shape index (κ2) is 5.55. The lowest BCUT2D eigenvalue weighted by Gasteiger charge is -2.20. The largest absolute Gasteiger partial charge is 0.508 e. The van der Waals surface area contributed by atoms with Crippen molar-refractivity contribution in [1.29, 1.82) is 0 Å². The first kappa shape index (κ1) is 13.1. The van der Waals surface area contributed by atoms with Crippen LogP contribution in [0.5, 0.6) is 5.75 Å². The van der Waals surface area contributed by atoms with Crippen LogP contribution in [0.15, 0.2) is 36.4 Å². The zero-order valence-corrected chi connectivity index (χ0v) is 11.8. The van der Waals surface area contributed by atoms with Crippen LogP contribution in [0.2, 0.25) is 0 Å². The van der Waals surface area contributed by atoms with Crippen molar-refractivity contribution >= 4 is 11.3 Å². The van der Waals surface area contributed by atoms with Gasteiger partial charge in [0.2, 0.25) is 0 Å². The van der Waals surface area contributed by atoms with Crippen molar-refractivity contribution in [2.75, 3.05) is 0 Å². The third-order valence-corrected chi connectivity index (χ3v) is 4.27. The fourth-order valence-corrected chi connectivity index (χ4v) is 2.98. The summed E-state index contributed by atoms with van der Waals surface area (Å²) in [5.41, 5.74) is 0.942. The highest BCUT2D eigenvalue weighted by Crippen LogP contribution is 2.28. The van der Waals surface area contributed by atoms with E-state index in [1.807, 2.05) is 29.5 Å². The normalized spacial score (nSPS) is 14.4. The summed E-state index contributed by atoms with van der Waals surface area (Å²) in [6.45, 7) is 6.35. The van der Waals surface area contributed by atoms with E-state index in [-0.39, 0.29) is 6.04 Å². The van der Waals surface area contributed by atoms with E-state index in [0.29, 0.717) is 11.8 Å². The number of hydrogen-bond acceptors (Lipinski definition) is 3. The summed E-state index contributed by atoms with van der Waals surface area (Å²) in [6.07, 6.45) is 0. The number of rotatable bonds is 4. The number of thiophene rings is 1. The van der Waals surface area contributed by atoms with Crippen molar-refractivity contribution in [2.45, 2.75) is 32.9 Å². The molecule has 0 radical (unpaired) electrons. The summed E-state index contributed by atoms with van der Waals surface area (Å²) in [7, 11) is 0. The lowest BCUT2D eigenvalue weighted by atomic mass is 10.1. The highest BCUT2D eigenvalue weighted by molar-refractivity contribution is 7.12. The molecular formula is C15H19NOS. The van der Waals surface area contributed by atoms with Gasteiger partial charge in [-0.15, -0.1) is 11.3 Å². The van der Waals surface area contributed by atoms with Crippen LogP contribution < -0.4 is 5.32 Å². The molecule has 0 aliphatic heterocycles. The van der Waals surface area contributed by atoms with Crippen LogP contribution in [0, 0.1) is 6.92 Å². The molecule has 1 heterocycles. The summed E-state index contributed by atoms with van der Waals surface area (Å²) in [5.74, 6) is 0.354. The summed E-state index contributed by atoms with van der Waals surface area (Å²) in [4.78, 5) is 2.66. The zero-order valence-electron chi connectivity index (χ0n) is 11.0. The van der Waals surface area contributed by atoms with Gasteiger partial charge < -0.3 is 10.4 Å². The molecule has 0 aliphatic carbocycles. The Morgan fingerprint density at radius 2 is 1.78 bits per heavy atom. The van der Waals surface area contributed by atoms with Crippen LogP contribution in [-0.2, 0) is 0 Å². The van der Waals surface area contributed by atoms with Gasteiger partial charge in [-0.1, -0.05) is 18.2 Å². The number of phenols is 1. The Hall–Kier alpha value is -1.32. The van der Waals surface area contributed by atoms with Crippen molar-refractivity contribution in [3.05, 3.63) is 51.7 Å². The van der Waals surface area contributed by atoms with Crippen molar-refractivity contribution in [2.24, 2.45) is 0 Å². The minimum atomic E-state index is 0.128. The van der Waals surface area contributed by atoms with E-state index in [1.54, 1.807) is 6.07 Å². The lowest BCUT2D eigenvalue weighted by molar-refractivity contribution is 0.440. The molecule has 0 aliphatic rings. The molecule has 2 atom stereocenters. The molecule has 2 rings (SSSR count). The number of hydrogen-bond donors (Lipinski definition) is 2. The van der Waals surface area contributed by atoms with E-state index in [4.69, 9.17) is 0 Å². The molecule has 18 heavy (non-hydrogen) atoms. The molecule has 1 aromatic heterocycles. The first-order valence-electron chi connectivity index (χ1n) is 6.18. The van der Waals surface area contributed by atoms with Gasteiger partial charge >= 0.3 is 0 Å². The molecule has 0 bridgehead atoms. The quantitative estimate of drug-likeness (QED) is 0.865. The van der Waals surface area contributed by atoms with Crippen LogP contribution in [0.25, 0.3) is 0 Å². The maximum absolute atomic E-state index is 9.83. The van der Waals surface area contributed by atoms with E-state index in [0.717, 1.165) is 5.56 Å². The zero-order chi connectivity index (χ0) is 13.1. The molecule has 1 aromatic carbocycles. The van der Waals surface area contributed by atoms with Crippen LogP contribution in [0.4, 0.5) is 0 Å². The van der Waals surface area contributed by atoms with Gasteiger partial charge in [-0.3, -0.25) is 0 Å². The van der Waals surface area contributed by atoms with E-state index < -0.39 is 0 Å². The molecule has 0 fully saturated rings. The smallest absolute Gasteiger partial charge is 0.120 e. The Morgan fingerprint density at radius 1 is 1.06 bits per heavy atom. The van der Waals surface area contributed by atoms with Gasteiger partial charge in [0, 0.05) is 27.4 Å². The number of aromatic hydroxyl groups is 1. The van der Waals surface area contributed by atoms with Gasteiger partial charge in [-0.2, -0.15) is 0 Å². The molecule has 2 unspecified atom stereocenters. The van der Waals surface area contributed by atoms with E-state index in [2.05, 4.69) is 38.2 Å². The molecule has 2 N–H and O–H groups in total. The third kappa shape index (κ3) is 2.92. The molecular weight excluding hydrogens is 242 g/mol. The van der Waals surface area contributed by atoms with Gasteiger partial charge in [-0.05, 0) is 39.0 Å². The van der Waals surface area contributed by atoms with Gasteiger partial charge in [0.25, 0.3) is 0 Å². The Labute approximate surface area is 112 Å². The predicted octanol–water partition coefficient (Wildman–Crippen LogP) is 4.17. The van der Waals surface area contributed by atoms with Crippen molar-refractivity contribution in [3.8, 4) is 5.75 Å².